The summed E-state index contributed by atoms with van der Waals surface area (Å²) in [4.78, 5) is 0. The van der Waals surface area contributed by atoms with Gasteiger partial charge in [-0.25, -0.2) is 13.2 Å². The molecule has 0 bridgehead atoms. The summed E-state index contributed by atoms with van der Waals surface area (Å²) < 4.78 is 78.9. The van der Waals surface area contributed by atoms with E-state index in [9.17, 15) is 26.3 Å². The second-order valence-electron chi connectivity index (χ2n) is 5.23. The van der Waals surface area contributed by atoms with Crippen LogP contribution in [0.4, 0.5) is 26.3 Å². The van der Waals surface area contributed by atoms with E-state index in [1.165, 1.54) is 12.1 Å². The van der Waals surface area contributed by atoms with E-state index in [0.717, 1.165) is 18.4 Å². The van der Waals surface area contributed by atoms with Crippen molar-refractivity contribution in [1.29, 1.82) is 0 Å². The number of hydrogen-bond acceptors (Lipinski definition) is 0. The Labute approximate surface area is 129 Å². The minimum Gasteiger partial charge on any atom is -0.206 e. The molecular weight excluding hydrogens is 318 g/mol. The van der Waals surface area contributed by atoms with Crippen LogP contribution in [-0.2, 0) is 12.6 Å². The average molecular weight is 332 g/mol. The Hall–Kier alpha value is -1.98. The van der Waals surface area contributed by atoms with E-state index in [1.807, 2.05) is 6.92 Å². The van der Waals surface area contributed by atoms with E-state index in [-0.39, 0.29) is 11.1 Å². The molecule has 0 unspecified atom stereocenters. The van der Waals surface area contributed by atoms with Crippen LogP contribution in [0.2, 0.25) is 0 Å². The molecule has 0 radical (unpaired) electrons. The first-order valence-corrected chi connectivity index (χ1v) is 7.09. The van der Waals surface area contributed by atoms with Gasteiger partial charge in [-0.1, -0.05) is 25.5 Å². The minimum atomic E-state index is -5.14. The summed E-state index contributed by atoms with van der Waals surface area (Å²) in [5, 5.41) is 0. The highest BCUT2D eigenvalue weighted by Crippen LogP contribution is 2.36. The van der Waals surface area contributed by atoms with Gasteiger partial charge in [0.15, 0.2) is 0 Å². The molecule has 23 heavy (non-hydrogen) atoms. The third-order valence-electron chi connectivity index (χ3n) is 3.49. The lowest BCUT2D eigenvalue weighted by Crippen LogP contribution is -2.11. The molecule has 6 heteroatoms. The largest absolute Gasteiger partial charge is 0.422 e. The van der Waals surface area contributed by atoms with Crippen LogP contribution in [0.3, 0.4) is 0 Å². The molecule has 0 aliphatic rings. The highest BCUT2D eigenvalue weighted by molar-refractivity contribution is 5.65. The number of alkyl halides is 3. The fourth-order valence-corrected chi connectivity index (χ4v) is 2.33. The smallest absolute Gasteiger partial charge is 0.206 e. The zero-order chi connectivity index (χ0) is 17.2. The molecule has 2 aromatic rings. The zero-order valence-electron chi connectivity index (χ0n) is 12.3. The van der Waals surface area contributed by atoms with Gasteiger partial charge in [0.2, 0.25) is 0 Å². The van der Waals surface area contributed by atoms with Crippen molar-refractivity contribution < 1.29 is 26.3 Å². The van der Waals surface area contributed by atoms with Gasteiger partial charge in [0.1, 0.15) is 23.0 Å². The Morgan fingerprint density at radius 1 is 0.870 bits per heavy atom. The standard InChI is InChI=1S/C17H14F6/c1-2-3-4-10-5-6-12(13(18)7-10)11-8-14(19)16(15(20)9-11)17(21,22)23/h5-9H,2-4H2,1H3. The summed E-state index contributed by atoms with van der Waals surface area (Å²) in [7, 11) is 0. The number of benzene rings is 2. The summed E-state index contributed by atoms with van der Waals surface area (Å²) >= 11 is 0. The molecule has 0 heterocycles. The molecule has 2 aromatic carbocycles. The van der Waals surface area contributed by atoms with Crippen molar-refractivity contribution in [2.45, 2.75) is 32.4 Å². The van der Waals surface area contributed by atoms with Crippen molar-refractivity contribution in [1.82, 2.24) is 0 Å². The fourth-order valence-electron chi connectivity index (χ4n) is 2.33. The molecule has 0 aromatic heterocycles. The maximum Gasteiger partial charge on any atom is 0.422 e. The van der Waals surface area contributed by atoms with Gasteiger partial charge in [-0.05, 0) is 42.2 Å². The van der Waals surface area contributed by atoms with E-state index in [4.69, 9.17) is 0 Å². The summed E-state index contributed by atoms with van der Waals surface area (Å²) in [5.74, 6) is -4.25. The van der Waals surface area contributed by atoms with Crippen LogP contribution < -0.4 is 0 Å². The second kappa shape index (κ2) is 6.64. The van der Waals surface area contributed by atoms with E-state index < -0.39 is 29.2 Å². The maximum absolute atomic E-state index is 14.1. The molecule has 0 N–H and O–H groups in total. The SMILES string of the molecule is CCCCc1ccc(-c2cc(F)c(C(F)(F)F)c(F)c2)c(F)c1. The number of rotatable bonds is 4. The van der Waals surface area contributed by atoms with Crippen LogP contribution in [0.25, 0.3) is 11.1 Å². The highest BCUT2D eigenvalue weighted by Gasteiger charge is 2.38. The molecular formula is C17H14F6. The summed E-state index contributed by atoms with van der Waals surface area (Å²) in [6.45, 7) is 1.98. The Balaban J connectivity index is 2.43. The number of unbranched alkanes of at least 4 members (excludes halogenated alkanes) is 1. The van der Waals surface area contributed by atoms with Gasteiger partial charge in [-0.15, -0.1) is 0 Å². The third kappa shape index (κ3) is 3.86. The van der Waals surface area contributed by atoms with Crippen LogP contribution in [0.5, 0.6) is 0 Å². The zero-order valence-corrected chi connectivity index (χ0v) is 12.3. The Bertz CT molecular complexity index is 680. The first kappa shape index (κ1) is 17.4. The Morgan fingerprint density at radius 2 is 1.48 bits per heavy atom. The fraction of sp³-hybridized carbons (Fsp3) is 0.294. The van der Waals surface area contributed by atoms with Gasteiger partial charge in [-0.2, -0.15) is 13.2 Å². The maximum atomic E-state index is 14.1. The van der Waals surface area contributed by atoms with Gasteiger partial charge >= 0.3 is 6.18 Å². The molecule has 0 nitrogen and oxygen atoms in total. The number of aryl methyl sites for hydroxylation is 1. The molecule has 124 valence electrons. The van der Waals surface area contributed by atoms with Gasteiger partial charge in [0, 0.05) is 5.56 Å². The van der Waals surface area contributed by atoms with Crippen molar-refractivity contribution in [3.63, 3.8) is 0 Å². The van der Waals surface area contributed by atoms with Gasteiger partial charge < -0.3 is 0 Å². The normalized spacial score (nSPS) is 11.8. The van der Waals surface area contributed by atoms with Crippen molar-refractivity contribution in [3.8, 4) is 11.1 Å². The lowest BCUT2D eigenvalue weighted by molar-refractivity contribution is -0.142. The topological polar surface area (TPSA) is 0 Å². The first-order valence-electron chi connectivity index (χ1n) is 7.09. The lowest BCUT2D eigenvalue weighted by atomic mass is 9.99. The predicted molar refractivity (Wildman–Crippen MR) is 75.4 cm³/mol. The quantitative estimate of drug-likeness (QED) is 0.591. The monoisotopic (exact) mass is 332 g/mol. The number of halogens is 6. The second-order valence-corrected chi connectivity index (χ2v) is 5.23. The average Bonchev–Trinajstić information content (AvgIpc) is 2.42. The molecule has 0 atom stereocenters. The molecule has 0 spiro atoms. The van der Waals surface area contributed by atoms with Crippen LogP contribution in [0.15, 0.2) is 30.3 Å². The van der Waals surface area contributed by atoms with Crippen LogP contribution in [0, 0.1) is 17.5 Å². The van der Waals surface area contributed by atoms with Crippen LogP contribution >= 0.6 is 0 Å². The summed E-state index contributed by atoms with van der Waals surface area (Å²) in [5.41, 5.74) is -1.66. The van der Waals surface area contributed by atoms with E-state index in [2.05, 4.69) is 0 Å². The number of hydrogen-bond donors (Lipinski definition) is 0. The molecule has 0 saturated carbocycles. The lowest BCUT2D eigenvalue weighted by Gasteiger charge is -2.12. The molecule has 0 aliphatic carbocycles. The van der Waals surface area contributed by atoms with Crippen molar-refractivity contribution in [2.24, 2.45) is 0 Å². The van der Waals surface area contributed by atoms with Crippen LogP contribution in [0.1, 0.15) is 30.9 Å². The highest BCUT2D eigenvalue weighted by atomic mass is 19.4. The first-order chi connectivity index (χ1) is 10.7. The Kier molecular flexibility index (Phi) is 5.02. The van der Waals surface area contributed by atoms with Crippen molar-refractivity contribution >= 4 is 0 Å². The minimum absolute atomic E-state index is 0.142. The van der Waals surface area contributed by atoms with E-state index in [1.54, 1.807) is 6.07 Å². The Morgan fingerprint density at radius 3 is 1.96 bits per heavy atom. The van der Waals surface area contributed by atoms with Gasteiger partial charge in [-0.3, -0.25) is 0 Å². The third-order valence-corrected chi connectivity index (χ3v) is 3.49. The summed E-state index contributed by atoms with van der Waals surface area (Å²) in [6.07, 6.45) is -2.69. The van der Waals surface area contributed by atoms with E-state index >= 15 is 0 Å². The van der Waals surface area contributed by atoms with Gasteiger partial charge in [0.05, 0.1) is 0 Å². The molecule has 0 saturated heterocycles. The van der Waals surface area contributed by atoms with Gasteiger partial charge in [0.25, 0.3) is 0 Å². The molecule has 2 rings (SSSR count). The van der Waals surface area contributed by atoms with Crippen LogP contribution in [-0.4, -0.2) is 0 Å². The summed E-state index contributed by atoms with van der Waals surface area (Å²) in [6, 6.07) is 5.15. The molecule has 0 aliphatic heterocycles. The molecule has 0 amide bonds. The van der Waals surface area contributed by atoms with Crippen molar-refractivity contribution in [3.05, 3.63) is 58.9 Å². The van der Waals surface area contributed by atoms with E-state index in [0.29, 0.717) is 18.6 Å². The van der Waals surface area contributed by atoms with Crippen molar-refractivity contribution in [2.75, 3.05) is 0 Å². The predicted octanol–water partition coefficient (Wildman–Crippen LogP) is 6.13. The molecule has 0 fully saturated rings.